The third kappa shape index (κ3) is 2.36. The van der Waals surface area contributed by atoms with Crippen LogP contribution in [-0.2, 0) is 5.54 Å². The van der Waals surface area contributed by atoms with Crippen molar-refractivity contribution in [1.82, 2.24) is 0 Å². The minimum absolute atomic E-state index is 0.240. The Hall–Kier alpha value is -0.730. The lowest BCUT2D eigenvalue weighted by molar-refractivity contribution is 0.298. The average Bonchev–Trinajstić information content (AvgIpc) is 3.09. The highest BCUT2D eigenvalue weighted by molar-refractivity contribution is 6.33. The molecule has 0 amide bonds. The molecule has 98 valence electrons. The molecule has 2 N–H and O–H groups in total. The maximum atomic E-state index is 6.48. The summed E-state index contributed by atoms with van der Waals surface area (Å²) in [5, 5.41) is 0.725. The molecule has 2 aliphatic carbocycles. The van der Waals surface area contributed by atoms with Gasteiger partial charge >= 0.3 is 0 Å². The topological polar surface area (TPSA) is 35.2 Å². The lowest BCUT2D eigenvalue weighted by Gasteiger charge is -2.26. The van der Waals surface area contributed by atoms with Gasteiger partial charge in [0.25, 0.3) is 0 Å². The van der Waals surface area contributed by atoms with Crippen molar-refractivity contribution in [1.29, 1.82) is 0 Å². The number of rotatable bonds is 4. The van der Waals surface area contributed by atoms with E-state index in [1.807, 2.05) is 12.1 Å². The molecule has 0 aromatic heterocycles. The van der Waals surface area contributed by atoms with Crippen LogP contribution in [0.15, 0.2) is 18.2 Å². The smallest absolute Gasteiger partial charge is 0.138 e. The third-order valence-electron chi connectivity index (χ3n) is 4.17. The van der Waals surface area contributed by atoms with Crippen LogP contribution in [0.25, 0.3) is 0 Å². The summed E-state index contributed by atoms with van der Waals surface area (Å²) in [6.45, 7) is 0.792. The number of nitrogens with two attached hydrogens (primary N) is 1. The summed E-state index contributed by atoms with van der Waals surface area (Å²) in [6, 6.07) is 6.01. The monoisotopic (exact) mass is 265 g/mol. The zero-order valence-electron chi connectivity index (χ0n) is 10.6. The first-order chi connectivity index (χ1) is 8.69. The van der Waals surface area contributed by atoms with E-state index in [-0.39, 0.29) is 5.54 Å². The first kappa shape index (κ1) is 12.3. The quantitative estimate of drug-likeness (QED) is 0.897. The molecule has 2 fully saturated rings. The molecule has 0 aliphatic heterocycles. The fourth-order valence-electron chi connectivity index (χ4n) is 2.77. The maximum absolute atomic E-state index is 6.48. The minimum Gasteiger partial charge on any atom is -0.492 e. The number of halogens is 1. The van der Waals surface area contributed by atoms with Crippen molar-refractivity contribution in [2.24, 2.45) is 11.7 Å². The standard InChI is InChI=1S/C15H20ClNO/c16-14-12(15(17)8-1-2-9-15)4-3-5-13(14)18-10-11-6-7-11/h3-5,11H,1-2,6-10,17H2. The second kappa shape index (κ2) is 4.75. The average molecular weight is 266 g/mol. The van der Waals surface area contributed by atoms with E-state index < -0.39 is 0 Å². The molecule has 0 heterocycles. The molecule has 1 aromatic rings. The van der Waals surface area contributed by atoms with Crippen molar-refractivity contribution in [3.8, 4) is 5.75 Å². The minimum atomic E-state index is -0.240. The highest BCUT2D eigenvalue weighted by atomic mass is 35.5. The van der Waals surface area contributed by atoms with Crippen LogP contribution in [-0.4, -0.2) is 6.61 Å². The van der Waals surface area contributed by atoms with E-state index in [1.165, 1.54) is 25.7 Å². The predicted octanol–water partition coefficient (Wildman–Crippen LogP) is 3.86. The van der Waals surface area contributed by atoms with Crippen LogP contribution in [0.1, 0.15) is 44.1 Å². The zero-order valence-corrected chi connectivity index (χ0v) is 11.4. The maximum Gasteiger partial charge on any atom is 0.138 e. The number of hydrogen-bond acceptors (Lipinski definition) is 2. The van der Waals surface area contributed by atoms with E-state index in [0.717, 1.165) is 41.7 Å². The Balaban J connectivity index is 1.83. The lowest BCUT2D eigenvalue weighted by atomic mass is 9.89. The molecule has 3 rings (SSSR count). The van der Waals surface area contributed by atoms with Gasteiger partial charge in [0.05, 0.1) is 11.6 Å². The molecule has 0 saturated heterocycles. The van der Waals surface area contributed by atoms with Crippen LogP contribution in [0.4, 0.5) is 0 Å². The van der Waals surface area contributed by atoms with E-state index in [1.54, 1.807) is 0 Å². The SMILES string of the molecule is NC1(c2cccc(OCC3CC3)c2Cl)CCCC1. The van der Waals surface area contributed by atoms with Gasteiger partial charge in [0.15, 0.2) is 0 Å². The van der Waals surface area contributed by atoms with E-state index in [9.17, 15) is 0 Å². The Morgan fingerprint density at radius 1 is 1.28 bits per heavy atom. The Kier molecular flexibility index (Phi) is 3.25. The molecule has 0 bridgehead atoms. The molecule has 0 atom stereocenters. The second-order valence-corrected chi connectivity index (χ2v) is 6.11. The fraction of sp³-hybridized carbons (Fsp3) is 0.600. The Morgan fingerprint density at radius 3 is 2.67 bits per heavy atom. The molecule has 0 unspecified atom stereocenters. The summed E-state index contributed by atoms with van der Waals surface area (Å²) in [6.07, 6.45) is 7.02. The third-order valence-corrected chi connectivity index (χ3v) is 4.56. The van der Waals surface area contributed by atoms with Gasteiger partial charge in [-0.25, -0.2) is 0 Å². The van der Waals surface area contributed by atoms with Gasteiger partial charge in [-0.3, -0.25) is 0 Å². The van der Waals surface area contributed by atoms with E-state index in [2.05, 4.69) is 6.07 Å². The summed E-state index contributed by atoms with van der Waals surface area (Å²) in [5.41, 5.74) is 7.30. The molecule has 3 heteroatoms. The second-order valence-electron chi connectivity index (χ2n) is 5.74. The summed E-state index contributed by atoms with van der Waals surface area (Å²) in [5.74, 6) is 1.54. The van der Waals surface area contributed by atoms with Gasteiger partial charge in [-0.1, -0.05) is 36.6 Å². The van der Waals surface area contributed by atoms with Crippen molar-refractivity contribution < 1.29 is 4.74 Å². The molecule has 2 nitrogen and oxygen atoms in total. The molecular weight excluding hydrogens is 246 g/mol. The van der Waals surface area contributed by atoms with Crippen LogP contribution in [0.3, 0.4) is 0 Å². The van der Waals surface area contributed by atoms with E-state index >= 15 is 0 Å². The van der Waals surface area contributed by atoms with E-state index in [0.29, 0.717) is 0 Å². The van der Waals surface area contributed by atoms with Crippen molar-refractivity contribution in [3.63, 3.8) is 0 Å². The first-order valence-corrected chi connectivity index (χ1v) is 7.27. The Labute approximate surface area is 113 Å². The number of hydrogen-bond donors (Lipinski definition) is 1. The van der Waals surface area contributed by atoms with Gasteiger partial charge in [-0.15, -0.1) is 0 Å². The van der Waals surface area contributed by atoms with Gasteiger partial charge < -0.3 is 10.5 Å². The Morgan fingerprint density at radius 2 is 2.00 bits per heavy atom. The molecule has 2 aliphatic rings. The predicted molar refractivity (Wildman–Crippen MR) is 74.0 cm³/mol. The first-order valence-electron chi connectivity index (χ1n) is 6.90. The van der Waals surface area contributed by atoms with Crippen LogP contribution >= 0.6 is 11.6 Å². The van der Waals surface area contributed by atoms with Gasteiger partial charge in [0.1, 0.15) is 5.75 Å². The van der Waals surface area contributed by atoms with Crippen LogP contribution < -0.4 is 10.5 Å². The Bertz CT molecular complexity index is 436. The summed E-state index contributed by atoms with van der Waals surface area (Å²) >= 11 is 6.48. The van der Waals surface area contributed by atoms with Crippen LogP contribution in [0.2, 0.25) is 5.02 Å². The van der Waals surface area contributed by atoms with Crippen LogP contribution in [0, 0.1) is 5.92 Å². The van der Waals surface area contributed by atoms with Crippen molar-refractivity contribution >= 4 is 11.6 Å². The van der Waals surface area contributed by atoms with Crippen LogP contribution in [0.5, 0.6) is 5.75 Å². The van der Waals surface area contributed by atoms with Crippen molar-refractivity contribution in [2.75, 3.05) is 6.61 Å². The highest BCUT2D eigenvalue weighted by Crippen LogP contribution is 2.42. The largest absolute Gasteiger partial charge is 0.492 e. The van der Waals surface area contributed by atoms with Crippen molar-refractivity contribution in [3.05, 3.63) is 28.8 Å². The lowest BCUT2D eigenvalue weighted by Crippen LogP contribution is -2.33. The number of ether oxygens (including phenoxy) is 1. The van der Waals surface area contributed by atoms with E-state index in [4.69, 9.17) is 22.1 Å². The number of benzene rings is 1. The zero-order chi connectivity index (χ0) is 12.6. The molecule has 1 aromatic carbocycles. The summed E-state index contributed by atoms with van der Waals surface area (Å²) < 4.78 is 5.82. The molecular formula is C15H20ClNO. The van der Waals surface area contributed by atoms with Gasteiger partial charge in [-0.05, 0) is 43.2 Å². The molecule has 2 saturated carbocycles. The van der Waals surface area contributed by atoms with Gasteiger partial charge in [0, 0.05) is 5.54 Å². The van der Waals surface area contributed by atoms with Gasteiger partial charge in [0.2, 0.25) is 0 Å². The molecule has 0 spiro atoms. The highest BCUT2D eigenvalue weighted by Gasteiger charge is 2.34. The van der Waals surface area contributed by atoms with Crippen molar-refractivity contribution in [2.45, 2.75) is 44.1 Å². The summed E-state index contributed by atoms with van der Waals surface area (Å²) in [7, 11) is 0. The molecule has 0 radical (unpaired) electrons. The molecule has 18 heavy (non-hydrogen) atoms. The summed E-state index contributed by atoms with van der Waals surface area (Å²) in [4.78, 5) is 0. The van der Waals surface area contributed by atoms with Gasteiger partial charge in [-0.2, -0.15) is 0 Å². The fourth-order valence-corrected chi connectivity index (χ4v) is 3.14. The normalized spacial score (nSPS) is 22.1.